The molecule has 1 fully saturated rings. The number of carbonyl (C=O) groups excluding carboxylic acids is 2. The van der Waals surface area contributed by atoms with E-state index in [4.69, 9.17) is 10.7 Å². The average molecular weight is 359 g/mol. The largest absolute Gasteiger partial charge is 0.366 e. The summed E-state index contributed by atoms with van der Waals surface area (Å²) in [6.07, 6.45) is 2.58. The predicted molar refractivity (Wildman–Crippen MR) is 103 cm³/mol. The first-order valence-electron chi connectivity index (χ1n) is 9.16. The van der Waals surface area contributed by atoms with E-state index in [1.54, 1.807) is 19.2 Å². The first-order valence-corrected chi connectivity index (χ1v) is 9.16. The van der Waals surface area contributed by atoms with E-state index in [2.05, 4.69) is 22.5 Å². The van der Waals surface area contributed by atoms with Gasteiger partial charge in [0.25, 0.3) is 0 Å². The minimum absolute atomic E-state index is 0.114. The maximum Gasteiger partial charge on any atom is 0.248 e. The van der Waals surface area contributed by atoms with Crippen LogP contribution in [0.4, 0.5) is 0 Å². The van der Waals surface area contributed by atoms with Gasteiger partial charge in [-0.25, -0.2) is 4.99 Å². The van der Waals surface area contributed by atoms with Crippen LogP contribution in [-0.4, -0.2) is 49.4 Å². The van der Waals surface area contributed by atoms with Gasteiger partial charge in [-0.3, -0.25) is 9.59 Å². The molecule has 4 N–H and O–H groups in total. The third kappa shape index (κ3) is 5.75. The first kappa shape index (κ1) is 19.8. The zero-order chi connectivity index (χ0) is 18.9. The number of aliphatic imine (C=N–C) groups is 1. The Morgan fingerprint density at radius 2 is 1.88 bits per heavy atom. The number of likely N-dealkylation sites (tertiary alicyclic amines) is 1. The molecule has 26 heavy (non-hydrogen) atoms. The molecule has 0 aromatic heterocycles. The Kier molecular flexibility index (Phi) is 7.44. The van der Waals surface area contributed by atoms with Crippen LogP contribution in [-0.2, 0) is 11.3 Å². The number of primary amides is 1. The van der Waals surface area contributed by atoms with E-state index >= 15 is 0 Å². The molecule has 1 saturated heterocycles. The van der Waals surface area contributed by atoms with E-state index in [0.29, 0.717) is 24.4 Å². The van der Waals surface area contributed by atoms with E-state index in [1.807, 2.05) is 12.1 Å². The lowest BCUT2D eigenvalue weighted by atomic mass is 9.93. The van der Waals surface area contributed by atoms with Gasteiger partial charge in [0.15, 0.2) is 5.96 Å². The first-order chi connectivity index (χ1) is 12.5. The van der Waals surface area contributed by atoms with Crippen molar-refractivity contribution in [2.24, 2.45) is 16.6 Å². The fourth-order valence-electron chi connectivity index (χ4n) is 3.08. The highest BCUT2D eigenvalue weighted by Crippen LogP contribution is 2.20. The third-order valence-electron chi connectivity index (χ3n) is 4.65. The number of nitrogens with one attached hydrogen (secondary N) is 2. The van der Waals surface area contributed by atoms with Crippen LogP contribution in [0.5, 0.6) is 0 Å². The maximum absolute atomic E-state index is 11.5. The highest BCUT2D eigenvalue weighted by atomic mass is 16.1. The average Bonchev–Trinajstić information content (AvgIpc) is 2.66. The lowest BCUT2D eigenvalue weighted by molar-refractivity contribution is -0.121. The van der Waals surface area contributed by atoms with E-state index in [9.17, 15) is 9.59 Å². The molecule has 1 aromatic rings. The Hall–Kier alpha value is -2.57. The van der Waals surface area contributed by atoms with Gasteiger partial charge in [-0.15, -0.1) is 0 Å². The highest BCUT2D eigenvalue weighted by Gasteiger charge is 2.23. The summed E-state index contributed by atoms with van der Waals surface area (Å²) in [6.45, 7) is 5.19. The topological polar surface area (TPSA) is 99.8 Å². The van der Waals surface area contributed by atoms with Crippen LogP contribution in [0.2, 0.25) is 0 Å². The molecule has 142 valence electrons. The lowest BCUT2D eigenvalue weighted by Gasteiger charge is -2.34. The molecule has 0 bridgehead atoms. The maximum atomic E-state index is 11.5. The third-order valence-corrected chi connectivity index (χ3v) is 4.65. The number of piperidine rings is 1. The molecule has 1 aromatic carbocycles. The van der Waals surface area contributed by atoms with Gasteiger partial charge in [0.2, 0.25) is 11.8 Å². The van der Waals surface area contributed by atoms with Crippen LogP contribution in [0.1, 0.15) is 42.1 Å². The van der Waals surface area contributed by atoms with Crippen LogP contribution in [0.3, 0.4) is 0 Å². The quantitative estimate of drug-likeness (QED) is 0.523. The van der Waals surface area contributed by atoms with Crippen molar-refractivity contribution in [3.05, 3.63) is 35.4 Å². The summed E-state index contributed by atoms with van der Waals surface area (Å²) in [7, 11) is 1.68. The minimum atomic E-state index is -0.423. The molecule has 7 nitrogen and oxygen atoms in total. The fraction of sp³-hybridized carbons (Fsp3) is 0.526. The van der Waals surface area contributed by atoms with E-state index < -0.39 is 5.91 Å². The summed E-state index contributed by atoms with van der Waals surface area (Å²) in [4.78, 5) is 29.6. The van der Waals surface area contributed by atoms with Crippen molar-refractivity contribution in [1.29, 1.82) is 0 Å². The van der Waals surface area contributed by atoms with Gasteiger partial charge in [0.1, 0.15) is 0 Å². The Labute approximate surface area is 155 Å². The second-order valence-corrected chi connectivity index (χ2v) is 6.54. The summed E-state index contributed by atoms with van der Waals surface area (Å²) in [5.41, 5.74) is 6.80. The van der Waals surface area contributed by atoms with Gasteiger partial charge in [0, 0.05) is 38.7 Å². The second kappa shape index (κ2) is 9.79. The Morgan fingerprint density at radius 3 is 2.42 bits per heavy atom. The number of rotatable bonds is 6. The lowest BCUT2D eigenvalue weighted by Crippen LogP contribution is -2.46. The normalized spacial score (nSPS) is 15.6. The van der Waals surface area contributed by atoms with Crippen molar-refractivity contribution in [2.45, 2.75) is 32.7 Å². The van der Waals surface area contributed by atoms with Crippen molar-refractivity contribution in [3.63, 3.8) is 0 Å². The molecule has 1 aliphatic heterocycles. The van der Waals surface area contributed by atoms with Crippen LogP contribution < -0.4 is 16.4 Å². The molecule has 7 heteroatoms. The zero-order valence-electron chi connectivity index (χ0n) is 15.6. The molecular formula is C19H29N5O2. The van der Waals surface area contributed by atoms with Gasteiger partial charge in [-0.05, 0) is 43.4 Å². The molecule has 0 aliphatic carbocycles. The Balaban J connectivity index is 1.94. The number of nitrogens with zero attached hydrogens (tertiary/aromatic N) is 2. The van der Waals surface area contributed by atoms with Crippen molar-refractivity contribution in [3.8, 4) is 0 Å². The highest BCUT2D eigenvalue weighted by molar-refractivity contribution is 5.92. The number of benzene rings is 1. The molecule has 0 saturated carbocycles. The number of guanidine groups is 1. The molecule has 0 radical (unpaired) electrons. The van der Waals surface area contributed by atoms with Crippen molar-refractivity contribution >= 4 is 17.8 Å². The summed E-state index contributed by atoms with van der Waals surface area (Å²) in [5, 5.41) is 6.04. The Morgan fingerprint density at radius 1 is 1.23 bits per heavy atom. The molecule has 2 rings (SSSR count). The van der Waals surface area contributed by atoms with Gasteiger partial charge >= 0.3 is 0 Å². The predicted octanol–water partition coefficient (Wildman–Crippen LogP) is 1.10. The van der Waals surface area contributed by atoms with Gasteiger partial charge < -0.3 is 21.3 Å². The van der Waals surface area contributed by atoms with Crippen LogP contribution in [0.25, 0.3) is 0 Å². The fourth-order valence-corrected chi connectivity index (χ4v) is 3.08. The molecule has 0 unspecified atom stereocenters. The SMILES string of the molecule is CCNC(=NCc1ccc(C(N)=O)cc1)N1CCC(CC(=O)NC)CC1. The van der Waals surface area contributed by atoms with Gasteiger partial charge in [-0.2, -0.15) is 0 Å². The number of amides is 2. The molecule has 1 aliphatic rings. The number of carbonyl (C=O) groups is 2. The number of hydrogen-bond donors (Lipinski definition) is 3. The molecule has 2 amide bonds. The Bertz CT molecular complexity index is 634. The molecule has 0 atom stereocenters. The summed E-state index contributed by atoms with van der Waals surface area (Å²) < 4.78 is 0. The monoisotopic (exact) mass is 359 g/mol. The molecular weight excluding hydrogens is 330 g/mol. The van der Waals surface area contributed by atoms with Crippen LogP contribution in [0, 0.1) is 5.92 Å². The van der Waals surface area contributed by atoms with Crippen molar-refractivity contribution in [1.82, 2.24) is 15.5 Å². The summed E-state index contributed by atoms with van der Waals surface area (Å²) in [6, 6.07) is 7.21. The van der Waals surface area contributed by atoms with Gasteiger partial charge in [0.05, 0.1) is 6.54 Å². The molecule has 0 spiro atoms. The van der Waals surface area contributed by atoms with Crippen LogP contribution >= 0.6 is 0 Å². The number of nitrogens with two attached hydrogens (primary N) is 1. The minimum Gasteiger partial charge on any atom is -0.366 e. The summed E-state index contributed by atoms with van der Waals surface area (Å²) in [5.74, 6) is 1.02. The smallest absolute Gasteiger partial charge is 0.248 e. The van der Waals surface area contributed by atoms with Crippen molar-refractivity contribution in [2.75, 3.05) is 26.7 Å². The zero-order valence-corrected chi connectivity index (χ0v) is 15.6. The van der Waals surface area contributed by atoms with Gasteiger partial charge in [-0.1, -0.05) is 12.1 Å². The second-order valence-electron chi connectivity index (χ2n) is 6.54. The van der Waals surface area contributed by atoms with E-state index in [-0.39, 0.29) is 5.91 Å². The standard InChI is InChI=1S/C19H29N5O2/c1-3-22-19(23-13-15-4-6-16(7-5-15)18(20)26)24-10-8-14(9-11-24)12-17(25)21-2/h4-7,14H,3,8-13H2,1-2H3,(H2,20,26)(H,21,25)(H,22,23). The van der Waals surface area contributed by atoms with E-state index in [0.717, 1.165) is 44.0 Å². The number of hydrogen-bond acceptors (Lipinski definition) is 3. The van der Waals surface area contributed by atoms with Crippen molar-refractivity contribution < 1.29 is 9.59 Å². The van der Waals surface area contributed by atoms with Crippen LogP contribution in [0.15, 0.2) is 29.3 Å². The van der Waals surface area contributed by atoms with E-state index in [1.165, 1.54) is 0 Å². The molecule has 1 heterocycles. The summed E-state index contributed by atoms with van der Waals surface area (Å²) >= 11 is 0.